The van der Waals surface area contributed by atoms with E-state index in [1.54, 1.807) is 30.3 Å². The molecule has 1 N–H and O–H groups in total. The fourth-order valence-electron chi connectivity index (χ4n) is 3.46. The average molecular weight is 559 g/mol. The van der Waals surface area contributed by atoms with Gasteiger partial charge in [-0.2, -0.15) is 0 Å². The van der Waals surface area contributed by atoms with Crippen LogP contribution in [-0.2, 0) is 22.7 Å². The number of nitrogens with one attached hydrogen (secondary N) is 1. The molecular formula is C27H24Cl2N2O5S. The van der Waals surface area contributed by atoms with E-state index in [2.05, 4.69) is 10.3 Å². The van der Waals surface area contributed by atoms with Crippen molar-refractivity contribution in [2.75, 3.05) is 12.9 Å². The summed E-state index contributed by atoms with van der Waals surface area (Å²) in [6, 6.07) is 19.5. The predicted octanol–water partition coefficient (Wildman–Crippen LogP) is 5.92. The van der Waals surface area contributed by atoms with E-state index < -0.39 is 0 Å². The zero-order chi connectivity index (χ0) is 26.2. The van der Waals surface area contributed by atoms with Gasteiger partial charge in [-0.15, -0.1) is 0 Å². The summed E-state index contributed by atoms with van der Waals surface area (Å²) in [6.07, 6.45) is 0.161. The minimum Gasteiger partial charge on any atom is -0.489 e. The highest BCUT2D eigenvalue weighted by atomic mass is 35.5. The number of carbonyl (C=O) groups excluding carboxylic acids is 2. The molecule has 1 amide bonds. The maximum absolute atomic E-state index is 13.1. The van der Waals surface area contributed by atoms with Crippen molar-refractivity contribution in [1.29, 1.82) is 0 Å². The lowest BCUT2D eigenvalue weighted by molar-refractivity contribution is -0.140. The number of carbonyl (C=O) groups is 2. The Morgan fingerprint density at radius 3 is 2.05 bits per heavy atom. The Bertz CT molecular complexity index is 1250. The fraction of sp³-hybridized carbons (Fsp3) is 0.222. The summed E-state index contributed by atoms with van der Waals surface area (Å²) in [4.78, 5) is 29.0. The van der Waals surface area contributed by atoms with E-state index >= 15 is 0 Å². The second-order valence-electron chi connectivity index (χ2n) is 8.09. The topological polar surface area (TPSA) is 86.2 Å². The summed E-state index contributed by atoms with van der Waals surface area (Å²) in [5, 5.41) is 4.42. The number of amidine groups is 1. The van der Waals surface area contributed by atoms with E-state index in [0.29, 0.717) is 38.0 Å². The predicted molar refractivity (Wildman–Crippen MR) is 146 cm³/mol. The minimum absolute atomic E-state index is 0.161. The molecule has 0 fully saturated rings. The van der Waals surface area contributed by atoms with Crippen LogP contribution in [0, 0.1) is 0 Å². The second kappa shape index (κ2) is 12.9. The zero-order valence-corrected chi connectivity index (χ0v) is 22.2. The standard InChI is InChI=1S/C27H24Cl2N2O5S/c1-34-25(32)12-20-16-37-27(30-20)31-26(33)19-10-21(35-14-17-6-2-4-8-23(17)28)13-22(11-19)36-15-18-7-3-5-9-24(18)29/h2-11,13,20H,12,14-16H2,1H3,(H,30,31,33). The van der Waals surface area contributed by atoms with E-state index in [9.17, 15) is 9.59 Å². The molecule has 1 aliphatic rings. The molecule has 192 valence electrons. The maximum Gasteiger partial charge on any atom is 0.307 e. The Kier molecular flexibility index (Phi) is 9.33. The van der Waals surface area contributed by atoms with Gasteiger partial charge in [0, 0.05) is 38.6 Å². The summed E-state index contributed by atoms with van der Waals surface area (Å²) in [5.74, 6) is 0.733. The third kappa shape index (κ3) is 7.64. The number of esters is 1. The van der Waals surface area contributed by atoms with Gasteiger partial charge in [0.2, 0.25) is 0 Å². The van der Waals surface area contributed by atoms with Crippen LogP contribution in [0.1, 0.15) is 27.9 Å². The number of nitrogens with zero attached hydrogens (tertiary/aromatic N) is 1. The van der Waals surface area contributed by atoms with Crippen molar-refractivity contribution in [3.8, 4) is 11.5 Å². The first-order valence-corrected chi connectivity index (χ1v) is 13.1. The van der Waals surface area contributed by atoms with Crippen molar-refractivity contribution in [2.24, 2.45) is 4.99 Å². The maximum atomic E-state index is 13.1. The van der Waals surface area contributed by atoms with Crippen molar-refractivity contribution >= 4 is 52.0 Å². The molecule has 0 saturated heterocycles. The van der Waals surface area contributed by atoms with Crippen molar-refractivity contribution in [3.05, 3.63) is 93.5 Å². The molecular weight excluding hydrogens is 535 g/mol. The van der Waals surface area contributed by atoms with Gasteiger partial charge < -0.3 is 19.5 Å². The van der Waals surface area contributed by atoms with Gasteiger partial charge in [-0.3, -0.25) is 14.6 Å². The number of methoxy groups -OCH3 is 1. The summed E-state index contributed by atoms with van der Waals surface area (Å²) < 4.78 is 16.6. The highest BCUT2D eigenvalue weighted by Crippen LogP contribution is 2.27. The smallest absolute Gasteiger partial charge is 0.307 e. The summed E-state index contributed by atoms with van der Waals surface area (Å²) in [5.41, 5.74) is 1.95. The third-order valence-corrected chi connectivity index (χ3v) is 7.18. The van der Waals surface area contributed by atoms with Crippen LogP contribution in [0.5, 0.6) is 11.5 Å². The lowest BCUT2D eigenvalue weighted by atomic mass is 10.2. The number of hydrogen-bond donors (Lipinski definition) is 1. The van der Waals surface area contributed by atoms with Gasteiger partial charge >= 0.3 is 5.97 Å². The Balaban J connectivity index is 1.51. The Hall–Kier alpha value is -3.20. The Morgan fingerprint density at radius 2 is 1.51 bits per heavy atom. The average Bonchev–Trinajstić information content (AvgIpc) is 3.34. The van der Waals surface area contributed by atoms with E-state index in [1.165, 1.54) is 18.9 Å². The molecule has 1 heterocycles. The molecule has 0 aromatic heterocycles. The molecule has 0 radical (unpaired) electrons. The molecule has 0 spiro atoms. The molecule has 0 aliphatic carbocycles. The van der Waals surface area contributed by atoms with Gasteiger partial charge in [-0.05, 0) is 24.3 Å². The molecule has 37 heavy (non-hydrogen) atoms. The Labute approximate surface area is 229 Å². The number of thioether (sulfide) groups is 1. The molecule has 4 rings (SSSR count). The Morgan fingerprint density at radius 1 is 0.946 bits per heavy atom. The van der Waals surface area contributed by atoms with Crippen LogP contribution in [0.25, 0.3) is 0 Å². The third-order valence-electron chi connectivity index (χ3n) is 5.41. The van der Waals surface area contributed by atoms with Crippen LogP contribution >= 0.6 is 35.0 Å². The van der Waals surface area contributed by atoms with Crippen molar-refractivity contribution < 1.29 is 23.8 Å². The van der Waals surface area contributed by atoms with E-state index in [4.69, 9.17) is 37.4 Å². The molecule has 7 nitrogen and oxygen atoms in total. The highest BCUT2D eigenvalue weighted by Gasteiger charge is 2.23. The largest absolute Gasteiger partial charge is 0.489 e. The van der Waals surface area contributed by atoms with E-state index in [-0.39, 0.29) is 37.6 Å². The zero-order valence-electron chi connectivity index (χ0n) is 19.9. The van der Waals surface area contributed by atoms with Gasteiger partial charge in [0.15, 0.2) is 5.17 Å². The van der Waals surface area contributed by atoms with Crippen LogP contribution in [-0.4, -0.2) is 35.9 Å². The first-order chi connectivity index (χ1) is 17.9. The number of rotatable bonds is 9. The van der Waals surface area contributed by atoms with Crippen LogP contribution in [0.4, 0.5) is 0 Å². The number of ether oxygens (including phenoxy) is 3. The number of benzene rings is 3. The van der Waals surface area contributed by atoms with Gasteiger partial charge in [0.1, 0.15) is 24.7 Å². The van der Waals surface area contributed by atoms with Gasteiger partial charge in [0.25, 0.3) is 5.91 Å². The number of amides is 1. The van der Waals surface area contributed by atoms with Crippen LogP contribution in [0.2, 0.25) is 10.0 Å². The minimum atomic E-state index is -0.379. The first-order valence-electron chi connectivity index (χ1n) is 11.4. The summed E-state index contributed by atoms with van der Waals surface area (Å²) in [7, 11) is 1.34. The monoisotopic (exact) mass is 558 g/mol. The molecule has 0 bridgehead atoms. The number of aliphatic imine (C=N–C) groups is 1. The fourth-order valence-corrected chi connectivity index (χ4v) is 4.77. The second-order valence-corrected chi connectivity index (χ2v) is 9.91. The van der Waals surface area contributed by atoms with Gasteiger partial charge in [0.05, 0.1) is 19.6 Å². The quantitative estimate of drug-likeness (QED) is 0.328. The summed E-state index contributed by atoms with van der Waals surface area (Å²) in [6.45, 7) is 0.429. The first kappa shape index (κ1) is 26.9. The van der Waals surface area contributed by atoms with E-state index in [1.807, 2.05) is 36.4 Å². The van der Waals surface area contributed by atoms with Crippen molar-refractivity contribution in [1.82, 2.24) is 5.32 Å². The molecule has 10 heteroatoms. The SMILES string of the molecule is COC(=O)CC1CSC(NC(=O)c2cc(OCc3ccccc3Cl)cc(OCc3ccccc3Cl)c2)=N1. The lowest BCUT2D eigenvalue weighted by Gasteiger charge is -2.13. The molecule has 3 aromatic carbocycles. The molecule has 3 aromatic rings. The highest BCUT2D eigenvalue weighted by molar-refractivity contribution is 8.14. The van der Waals surface area contributed by atoms with Crippen LogP contribution in [0.3, 0.4) is 0 Å². The number of hydrogen-bond acceptors (Lipinski definition) is 7. The number of halogens is 2. The van der Waals surface area contributed by atoms with Gasteiger partial charge in [-0.1, -0.05) is 71.4 Å². The molecule has 1 aliphatic heterocycles. The van der Waals surface area contributed by atoms with Crippen molar-refractivity contribution in [3.63, 3.8) is 0 Å². The molecule has 1 atom stereocenters. The molecule has 0 saturated carbocycles. The molecule has 1 unspecified atom stereocenters. The van der Waals surface area contributed by atoms with Gasteiger partial charge in [-0.25, -0.2) is 0 Å². The van der Waals surface area contributed by atoms with Crippen LogP contribution in [0.15, 0.2) is 71.7 Å². The van der Waals surface area contributed by atoms with Crippen molar-refractivity contribution in [2.45, 2.75) is 25.7 Å². The lowest BCUT2D eigenvalue weighted by Crippen LogP contribution is -2.27. The normalized spacial score (nSPS) is 14.6. The summed E-state index contributed by atoms with van der Waals surface area (Å²) >= 11 is 13.9. The van der Waals surface area contributed by atoms with Crippen LogP contribution < -0.4 is 14.8 Å². The van der Waals surface area contributed by atoms with E-state index in [0.717, 1.165) is 11.1 Å².